The Morgan fingerprint density at radius 1 is 1.09 bits per heavy atom. The van der Waals surface area contributed by atoms with Crippen LogP contribution < -0.4 is 0 Å². The molecule has 4 rings (SSSR count). The Morgan fingerprint density at radius 2 is 1.85 bits per heavy atom. The molecule has 7 heteroatoms. The maximum atomic E-state index is 13.4. The van der Waals surface area contributed by atoms with Crippen LogP contribution in [-0.2, 0) is 11.2 Å². The number of rotatable bonds is 6. The molecule has 1 aliphatic heterocycles. The van der Waals surface area contributed by atoms with Crippen LogP contribution in [0.1, 0.15) is 30.4 Å². The first kappa shape index (κ1) is 23.2. The van der Waals surface area contributed by atoms with E-state index in [1.54, 1.807) is 6.20 Å². The zero-order valence-corrected chi connectivity index (χ0v) is 19.4. The smallest absolute Gasteiger partial charge is 0.339 e. The number of benzene rings is 2. The van der Waals surface area contributed by atoms with Gasteiger partial charge in [-0.1, -0.05) is 65.4 Å². The molecule has 0 radical (unpaired) electrons. The molecule has 2 heterocycles. The molecular weight excluding hydrogens is 426 g/mol. The highest BCUT2D eigenvalue weighted by Gasteiger charge is 2.33. The van der Waals surface area contributed by atoms with Crippen molar-refractivity contribution in [2.45, 2.75) is 38.6 Å². The van der Waals surface area contributed by atoms with Crippen LogP contribution in [0.3, 0.4) is 0 Å². The SMILES string of the molecule is C#CCCCC(=O)N1CCN(C(=O)n2cc(-c3ccc(C)cc3)nn2)C(Cc2ccccc2)C1. The number of nitrogens with zero attached hydrogens (tertiary/aromatic N) is 5. The summed E-state index contributed by atoms with van der Waals surface area (Å²) in [7, 11) is 0. The number of unbranched alkanes of at least 4 members (excludes halogenated alkanes) is 1. The van der Waals surface area contributed by atoms with Crippen molar-refractivity contribution < 1.29 is 9.59 Å². The van der Waals surface area contributed by atoms with E-state index in [1.165, 1.54) is 4.68 Å². The number of carbonyl (C=O) groups excluding carboxylic acids is 2. The van der Waals surface area contributed by atoms with Crippen molar-refractivity contribution >= 4 is 11.9 Å². The number of carbonyl (C=O) groups is 2. The monoisotopic (exact) mass is 455 g/mol. The van der Waals surface area contributed by atoms with Crippen molar-refractivity contribution in [1.29, 1.82) is 0 Å². The summed E-state index contributed by atoms with van der Waals surface area (Å²) in [6, 6.07) is 17.6. The van der Waals surface area contributed by atoms with E-state index in [0.29, 0.717) is 51.0 Å². The van der Waals surface area contributed by atoms with E-state index in [-0.39, 0.29) is 18.0 Å². The molecule has 0 spiro atoms. The summed E-state index contributed by atoms with van der Waals surface area (Å²) < 4.78 is 1.30. The van der Waals surface area contributed by atoms with E-state index < -0.39 is 0 Å². The Kier molecular flexibility index (Phi) is 7.38. The summed E-state index contributed by atoms with van der Waals surface area (Å²) in [5, 5.41) is 8.32. The van der Waals surface area contributed by atoms with Gasteiger partial charge in [0.25, 0.3) is 0 Å². The summed E-state index contributed by atoms with van der Waals surface area (Å²) in [5.41, 5.74) is 3.83. The van der Waals surface area contributed by atoms with Gasteiger partial charge >= 0.3 is 6.03 Å². The fraction of sp³-hybridized carbons (Fsp3) is 0.333. The number of aryl methyl sites for hydroxylation is 1. The minimum atomic E-state index is -0.230. The van der Waals surface area contributed by atoms with Gasteiger partial charge in [0, 0.05) is 38.0 Å². The Morgan fingerprint density at radius 3 is 2.59 bits per heavy atom. The van der Waals surface area contributed by atoms with E-state index in [2.05, 4.69) is 16.2 Å². The summed E-state index contributed by atoms with van der Waals surface area (Å²) in [6.07, 6.45) is 9.34. The first-order chi connectivity index (χ1) is 16.5. The molecule has 0 saturated carbocycles. The van der Waals surface area contributed by atoms with Gasteiger partial charge in [-0.05, 0) is 25.3 Å². The number of aromatic nitrogens is 3. The number of hydrogen-bond donors (Lipinski definition) is 0. The van der Waals surface area contributed by atoms with Crippen molar-refractivity contribution in [2.24, 2.45) is 0 Å². The maximum Gasteiger partial charge on any atom is 0.346 e. The fourth-order valence-electron chi connectivity index (χ4n) is 4.24. The van der Waals surface area contributed by atoms with Crippen molar-refractivity contribution in [3.05, 3.63) is 71.9 Å². The second kappa shape index (κ2) is 10.8. The van der Waals surface area contributed by atoms with Crippen LogP contribution in [0.15, 0.2) is 60.8 Å². The lowest BCUT2D eigenvalue weighted by Gasteiger charge is -2.41. The minimum absolute atomic E-state index is 0.0859. The van der Waals surface area contributed by atoms with Crippen LogP contribution in [0.5, 0.6) is 0 Å². The summed E-state index contributed by atoms with van der Waals surface area (Å²) in [4.78, 5) is 29.8. The highest BCUT2D eigenvalue weighted by molar-refractivity contribution is 5.79. The molecule has 0 bridgehead atoms. The lowest BCUT2D eigenvalue weighted by molar-refractivity contribution is -0.133. The van der Waals surface area contributed by atoms with E-state index >= 15 is 0 Å². The van der Waals surface area contributed by atoms with Gasteiger partial charge in [-0.2, -0.15) is 4.68 Å². The van der Waals surface area contributed by atoms with Gasteiger partial charge < -0.3 is 9.80 Å². The molecule has 1 aliphatic rings. The molecule has 7 nitrogen and oxygen atoms in total. The van der Waals surface area contributed by atoms with E-state index in [9.17, 15) is 9.59 Å². The van der Waals surface area contributed by atoms with Crippen molar-refractivity contribution in [1.82, 2.24) is 24.8 Å². The van der Waals surface area contributed by atoms with Crippen LogP contribution in [0.2, 0.25) is 0 Å². The van der Waals surface area contributed by atoms with E-state index in [0.717, 1.165) is 16.7 Å². The second-order valence-electron chi connectivity index (χ2n) is 8.63. The predicted octanol–water partition coefficient (Wildman–Crippen LogP) is 3.78. The molecule has 2 aromatic carbocycles. The molecule has 1 unspecified atom stereocenters. The molecule has 2 amide bonds. The minimum Gasteiger partial charge on any atom is -0.339 e. The predicted molar refractivity (Wildman–Crippen MR) is 131 cm³/mol. The van der Waals surface area contributed by atoms with Crippen LogP contribution in [0.4, 0.5) is 4.79 Å². The molecule has 1 fully saturated rings. The van der Waals surface area contributed by atoms with Crippen molar-refractivity contribution in [3.8, 4) is 23.6 Å². The quantitative estimate of drug-likeness (QED) is 0.419. The van der Waals surface area contributed by atoms with E-state index in [4.69, 9.17) is 6.42 Å². The summed E-state index contributed by atoms with van der Waals surface area (Å²) >= 11 is 0. The van der Waals surface area contributed by atoms with Crippen LogP contribution in [-0.4, -0.2) is 62.4 Å². The molecular formula is C27H29N5O2. The molecule has 1 aromatic heterocycles. The standard InChI is InChI=1S/C27H29N5O2/c1-3-4-6-11-26(33)30-16-17-31(24(19-30)18-22-9-7-5-8-10-22)27(34)32-20-25(28-29-32)23-14-12-21(2)13-15-23/h1,5,7-10,12-15,20,24H,4,6,11,16-19H2,2H3. The van der Waals surface area contributed by atoms with E-state index in [1.807, 2.05) is 71.3 Å². The van der Waals surface area contributed by atoms with Gasteiger partial charge in [-0.25, -0.2) is 4.79 Å². The van der Waals surface area contributed by atoms with Gasteiger partial charge in [0.15, 0.2) is 0 Å². The highest BCUT2D eigenvalue weighted by Crippen LogP contribution is 2.20. The Balaban J connectivity index is 1.51. The molecule has 3 aromatic rings. The fourth-order valence-corrected chi connectivity index (χ4v) is 4.24. The lowest BCUT2D eigenvalue weighted by atomic mass is 10.0. The second-order valence-corrected chi connectivity index (χ2v) is 8.63. The lowest BCUT2D eigenvalue weighted by Crippen LogP contribution is -2.58. The topological polar surface area (TPSA) is 71.3 Å². The summed E-state index contributed by atoms with van der Waals surface area (Å²) in [5.74, 6) is 2.67. The zero-order valence-electron chi connectivity index (χ0n) is 19.4. The highest BCUT2D eigenvalue weighted by atomic mass is 16.2. The number of piperazine rings is 1. The molecule has 1 atom stereocenters. The third-order valence-electron chi connectivity index (χ3n) is 6.14. The van der Waals surface area contributed by atoms with Crippen molar-refractivity contribution in [3.63, 3.8) is 0 Å². The third-order valence-corrected chi connectivity index (χ3v) is 6.14. The van der Waals surface area contributed by atoms with Gasteiger partial charge in [0.05, 0.1) is 12.2 Å². The number of terminal acetylenes is 1. The number of hydrogen-bond acceptors (Lipinski definition) is 4. The first-order valence-corrected chi connectivity index (χ1v) is 11.6. The molecule has 0 N–H and O–H groups in total. The van der Waals surface area contributed by atoms with Gasteiger partial charge in [0.1, 0.15) is 5.69 Å². The largest absolute Gasteiger partial charge is 0.346 e. The molecule has 34 heavy (non-hydrogen) atoms. The van der Waals surface area contributed by atoms with Crippen LogP contribution >= 0.6 is 0 Å². The normalized spacial score (nSPS) is 15.7. The zero-order chi connectivity index (χ0) is 23.9. The molecule has 0 aliphatic carbocycles. The maximum absolute atomic E-state index is 13.4. The van der Waals surface area contributed by atoms with Gasteiger partial charge in [-0.15, -0.1) is 17.4 Å². The first-order valence-electron chi connectivity index (χ1n) is 11.6. The molecule has 1 saturated heterocycles. The van der Waals surface area contributed by atoms with Crippen LogP contribution in [0.25, 0.3) is 11.3 Å². The average molecular weight is 456 g/mol. The Bertz CT molecular complexity index is 1160. The number of amides is 2. The Labute approximate surface area is 200 Å². The summed E-state index contributed by atoms with van der Waals surface area (Å²) in [6.45, 7) is 3.44. The molecule has 174 valence electrons. The van der Waals surface area contributed by atoms with Crippen molar-refractivity contribution in [2.75, 3.05) is 19.6 Å². The Hall–Kier alpha value is -3.92. The van der Waals surface area contributed by atoms with Gasteiger partial charge in [0.2, 0.25) is 5.91 Å². The average Bonchev–Trinajstić information content (AvgIpc) is 3.35. The third kappa shape index (κ3) is 5.52. The van der Waals surface area contributed by atoms with Gasteiger partial charge in [-0.3, -0.25) is 4.79 Å². The van der Waals surface area contributed by atoms with Crippen LogP contribution in [0, 0.1) is 19.3 Å².